The molecular weight excluding hydrogens is 792 g/mol. The van der Waals surface area contributed by atoms with E-state index in [2.05, 4.69) is 34.8 Å². The molecule has 20 heteroatoms. The van der Waals surface area contributed by atoms with Crippen molar-refractivity contribution in [3.8, 4) is 17.2 Å². The molecule has 0 spiro atoms. The lowest BCUT2D eigenvalue weighted by Crippen LogP contribution is -2.53. The third-order valence-electron chi connectivity index (χ3n) is 9.42. The maximum Gasteiger partial charge on any atom is 0.397 e. The number of hydrogen-bond donors (Lipinski definition) is 3. The molecule has 7 rings (SSSR count). The summed E-state index contributed by atoms with van der Waals surface area (Å²) in [6.07, 6.45) is 6.71. The van der Waals surface area contributed by atoms with Gasteiger partial charge in [-0.25, -0.2) is 28.4 Å². The van der Waals surface area contributed by atoms with Crippen molar-refractivity contribution in [3.05, 3.63) is 118 Å². The van der Waals surface area contributed by atoms with Gasteiger partial charge in [-0.2, -0.15) is 13.7 Å². The van der Waals surface area contributed by atoms with Crippen LogP contribution in [0.15, 0.2) is 79.4 Å². The van der Waals surface area contributed by atoms with Crippen LogP contribution in [0.3, 0.4) is 0 Å². The SMILES string of the molecule is C[C@@]1(Cc2ccc(-c3cnc(C#N)nc3)cc2)C(=O)N(c2cc(Cl)c(F)c(Cl)c2)c2ncc(C(=O)N[C@H](COS(=O)(=O)O)C(=O)NC3(c4ccccn4)CC3)n21. The lowest BCUT2D eigenvalue weighted by atomic mass is 9.90. The predicted octanol–water partition coefficient (Wildman–Crippen LogP) is 4.41. The molecule has 0 radical (unpaired) electrons. The van der Waals surface area contributed by atoms with Crippen LogP contribution in [-0.2, 0) is 41.7 Å². The summed E-state index contributed by atoms with van der Waals surface area (Å²) in [5, 5.41) is 13.6. The number of benzene rings is 2. The largest absolute Gasteiger partial charge is 0.397 e. The van der Waals surface area contributed by atoms with Crippen molar-refractivity contribution in [3.63, 3.8) is 0 Å². The summed E-state index contributed by atoms with van der Waals surface area (Å²) in [6, 6.07) is 14.7. The summed E-state index contributed by atoms with van der Waals surface area (Å²) in [6.45, 7) is 0.572. The molecule has 16 nitrogen and oxygen atoms in total. The number of anilines is 2. The first-order valence-electron chi connectivity index (χ1n) is 16.7. The number of hydrogen-bond acceptors (Lipinski definition) is 11. The molecule has 286 valence electrons. The number of amides is 3. The summed E-state index contributed by atoms with van der Waals surface area (Å²) in [5.74, 6) is -3.37. The minimum Gasteiger partial charge on any atom is -0.343 e. The van der Waals surface area contributed by atoms with Gasteiger partial charge in [0.25, 0.3) is 11.8 Å². The van der Waals surface area contributed by atoms with Crippen LogP contribution >= 0.6 is 23.2 Å². The van der Waals surface area contributed by atoms with Crippen LogP contribution in [-0.4, -0.2) is 67.8 Å². The van der Waals surface area contributed by atoms with Crippen molar-refractivity contribution in [2.75, 3.05) is 11.5 Å². The van der Waals surface area contributed by atoms with Gasteiger partial charge in [0.1, 0.15) is 23.3 Å². The van der Waals surface area contributed by atoms with E-state index in [4.69, 9.17) is 28.5 Å². The average Bonchev–Trinajstić information content (AvgIpc) is 3.77. The van der Waals surface area contributed by atoms with E-state index in [0.29, 0.717) is 35.2 Å². The van der Waals surface area contributed by atoms with Crippen LogP contribution in [0, 0.1) is 17.1 Å². The highest BCUT2D eigenvalue weighted by Gasteiger charge is 2.52. The number of nitriles is 1. The van der Waals surface area contributed by atoms with Crippen LogP contribution in [0.4, 0.5) is 16.0 Å². The van der Waals surface area contributed by atoms with E-state index in [9.17, 15) is 31.7 Å². The first-order valence-corrected chi connectivity index (χ1v) is 18.8. The fraction of sp³-hybridized carbons (Fsp3) is 0.222. The van der Waals surface area contributed by atoms with Crippen molar-refractivity contribution in [2.45, 2.75) is 43.3 Å². The Balaban J connectivity index is 1.24. The number of imidazole rings is 1. The van der Waals surface area contributed by atoms with Gasteiger partial charge in [0.05, 0.1) is 39.8 Å². The summed E-state index contributed by atoms with van der Waals surface area (Å²) in [4.78, 5) is 60.2. The van der Waals surface area contributed by atoms with Crippen molar-refractivity contribution < 1.29 is 35.9 Å². The third kappa shape index (κ3) is 7.42. The Morgan fingerprint density at radius 3 is 2.30 bits per heavy atom. The molecule has 1 fully saturated rings. The highest BCUT2D eigenvalue weighted by molar-refractivity contribution is 7.80. The van der Waals surface area contributed by atoms with Crippen LogP contribution in [0.5, 0.6) is 0 Å². The molecule has 0 unspecified atom stereocenters. The Morgan fingerprint density at radius 2 is 1.71 bits per heavy atom. The first kappa shape index (κ1) is 38.4. The lowest BCUT2D eigenvalue weighted by molar-refractivity contribution is -0.125. The number of carbonyl (C=O) groups is 3. The van der Waals surface area contributed by atoms with Crippen molar-refractivity contribution in [2.24, 2.45) is 0 Å². The number of halogens is 3. The molecule has 0 saturated heterocycles. The van der Waals surface area contributed by atoms with Crippen LogP contribution in [0.1, 0.15) is 47.3 Å². The van der Waals surface area contributed by atoms with E-state index in [1.807, 2.05) is 6.07 Å². The van der Waals surface area contributed by atoms with Crippen molar-refractivity contribution >= 4 is 63.0 Å². The van der Waals surface area contributed by atoms with E-state index < -0.39 is 57.7 Å². The molecule has 1 aliphatic carbocycles. The van der Waals surface area contributed by atoms with E-state index in [1.165, 1.54) is 29.1 Å². The normalized spacial score (nSPS) is 17.5. The van der Waals surface area contributed by atoms with Crippen LogP contribution in [0.2, 0.25) is 10.0 Å². The highest BCUT2D eigenvalue weighted by atomic mass is 35.5. The lowest BCUT2D eigenvalue weighted by Gasteiger charge is -2.27. The summed E-state index contributed by atoms with van der Waals surface area (Å²) in [5.41, 5.74) is -0.119. The van der Waals surface area contributed by atoms with Gasteiger partial charge in [-0.15, -0.1) is 0 Å². The quantitative estimate of drug-likeness (QED) is 0.118. The molecule has 1 saturated carbocycles. The van der Waals surface area contributed by atoms with Crippen molar-refractivity contribution in [1.82, 2.24) is 35.1 Å². The number of fused-ring (bicyclic) bond motifs is 1. The van der Waals surface area contributed by atoms with Gasteiger partial charge in [0.15, 0.2) is 5.82 Å². The second kappa shape index (κ2) is 14.7. The number of rotatable bonds is 12. The molecule has 56 heavy (non-hydrogen) atoms. The van der Waals surface area contributed by atoms with Gasteiger partial charge in [-0.1, -0.05) is 53.5 Å². The topological polar surface area (TPSA) is 222 Å². The second-order valence-electron chi connectivity index (χ2n) is 13.2. The van der Waals surface area contributed by atoms with Gasteiger partial charge >= 0.3 is 10.4 Å². The van der Waals surface area contributed by atoms with Gasteiger partial charge in [-0.05, 0) is 55.2 Å². The predicted molar refractivity (Wildman–Crippen MR) is 197 cm³/mol. The molecule has 1 aliphatic heterocycles. The van der Waals surface area contributed by atoms with Crippen LogP contribution in [0.25, 0.3) is 11.1 Å². The van der Waals surface area contributed by atoms with E-state index in [1.54, 1.807) is 55.6 Å². The molecule has 5 aromatic rings. The molecule has 4 heterocycles. The van der Waals surface area contributed by atoms with Gasteiger partial charge < -0.3 is 10.6 Å². The van der Waals surface area contributed by atoms with E-state index in [-0.39, 0.29) is 39.6 Å². The molecule has 3 amide bonds. The standard InChI is InChI=1S/C36H28Cl2FN9O7S/c1-35(14-20-5-7-21(8-6-20)22-16-42-29(15-40)43-17-22)33(51)47(23-12-24(37)30(39)25(38)13-23)34-44-18-27(48(34)35)32(50)45-26(19-55-56(52,53)54)31(49)46-36(9-10-36)28-4-2-3-11-41-28/h2-8,11-13,16-18,26H,9-10,14,19H2,1H3,(H,45,50)(H,46,49)(H,52,53,54)/t26-,35-/m1/s1. The molecule has 2 aromatic carbocycles. The number of pyridine rings is 1. The van der Waals surface area contributed by atoms with Gasteiger partial charge in [0.2, 0.25) is 17.7 Å². The molecule has 2 atom stereocenters. The molecule has 0 bridgehead atoms. The maximum absolute atomic E-state index is 14.5. The van der Waals surface area contributed by atoms with Gasteiger partial charge in [0, 0.05) is 30.6 Å². The number of aromatic nitrogens is 5. The van der Waals surface area contributed by atoms with Crippen molar-refractivity contribution in [1.29, 1.82) is 5.26 Å². The fourth-order valence-electron chi connectivity index (χ4n) is 6.49. The molecule has 2 aliphatic rings. The zero-order valence-corrected chi connectivity index (χ0v) is 31.3. The highest BCUT2D eigenvalue weighted by Crippen LogP contribution is 2.45. The first-order chi connectivity index (χ1) is 26.6. The minimum absolute atomic E-state index is 0.0107. The Kier molecular flexibility index (Phi) is 10.1. The summed E-state index contributed by atoms with van der Waals surface area (Å²) >= 11 is 12.2. The molecule has 3 N–H and O–H groups in total. The second-order valence-corrected chi connectivity index (χ2v) is 15.1. The zero-order valence-electron chi connectivity index (χ0n) is 29.0. The monoisotopic (exact) mass is 819 g/mol. The van der Waals surface area contributed by atoms with E-state index in [0.717, 1.165) is 11.1 Å². The number of carbonyl (C=O) groups excluding carboxylic acids is 3. The van der Waals surface area contributed by atoms with Gasteiger partial charge in [-0.3, -0.25) is 28.5 Å². The Hall–Kier alpha value is -5.84. The number of nitrogens with one attached hydrogen (secondary N) is 2. The van der Waals surface area contributed by atoms with E-state index >= 15 is 0 Å². The zero-order chi connectivity index (χ0) is 40.0. The Bertz CT molecular complexity index is 2510. The third-order valence-corrected chi connectivity index (χ3v) is 10.4. The molecular formula is C36H28Cl2FN9O7S. The fourth-order valence-corrected chi connectivity index (χ4v) is 7.27. The average molecular weight is 821 g/mol. The molecule has 3 aromatic heterocycles. The summed E-state index contributed by atoms with van der Waals surface area (Å²) < 4.78 is 52.8. The number of nitrogens with zero attached hydrogens (tertiary/aromatic N) is 7. The maximum atomic E-state index is 14.5. The Morgan fingerprint density at radius 1 is 1.04 bits per heavy atom. The Labute approximate surface area is 328 Å². The van der Waals surface area contributed by atoms with Crippen LogP contribution < -0.4 is 15.5 Å². The summed E-state index contributed by atoms with van der Waals surface area (Å²) in [7, 11) is -5.05. The minimum atomic E-state index is -5.05. The smallest absolute Gasteiger partial charge is 0.343 e.